The van der Waals surface area contributed by atoms with E-state index in [2.05, 4.69) is 13.0 Å². The second-order valence-corrected chi connectivity index (χ2v) is 6.17. The molecule has 0 rings (SSSR count). The van der Waals surface area contributed by atoms with Crippen molar-refractivity contribution in [2.24, 2.45) is 0 Å². The summed E-state index contributed by atoms with van der Waals surface area (Å²) < 4.78 is 0. The summed E-state index contributed by atoms with van der Waals surface area (Å²) in [6.07, 6.45) is 15.5. The molecule has 0 aliphatic heterocycles. The first kappa shape index (κ1) is 21.0. The third kappa shape index (κ3) is 12.7. The molecule has 0 saturated carbocycles. The molecule has 0 saturated heterocycles. The number of carbonyl (C=O) groups is 1. The molecule has 0 radical (unpaired) electrons. The maximum Gasteiger partial charge on any atom is 0.222 e. The van der Waals surface area contributed by atoms with Gasteiger partial charge in [0.1, 0.15) is 0 Å². The van der Waals surface area contributed by atoms with Crippen molar-refractivity contribution < 1.29 is 4.79 Å². The maximum atomic E-state index is 12.0. The number of nitriles is 1. The highest BCUT2D eigenvalue weighted by atomic mass is 16.2. The third-order valence-electron chi connectivity index (χ3n) is 4.22. The van der Waals surface area contributed by atoms with E-state index in [1.807, 2.05) is 6.92 Å². The second-order valence-electron chi connectivity index (χ2n) is 6.17. The van der Waals surface area contributed by atoms with E-state index in [4.69, 9.17) is 5.26 Å². The normalized spacial score (nSPS) is 10.4. The van der Waals surface area contributed by atoms with Crippen LogP contribution < -0.4 is 0 Å². The van der Waals surface area contributed by atoms with E-state index < -0.39 is 0 Å². The van der Waals surface area contributed by atoms with Crippen LogP contribution in [0.25, 0.3) is 0 Å². The first-order valence-electron chi connectivity index (χ1n) is 9.41. The minimum absolute atomic E-state index is 0.216. The van der Waals surface area contributed by atoms with Crippen molar-refractivity contribution in [2.45, 2.75) is 97.3 Å². The topological polar surface area (TPSA) is 44.1 Å². The number of amides is 1. The molecule has 1 amide bonds. The highest BCUT2D eigenvalue weighted by Crippen LogP contribution is 2.12. The molecule has 0 fully saturated rings. The molecule has 22 heavy (non-hydrogen) atoms. The van der Waals surface area contributed by atoms with Crippen LogP contribution >= 0.6 is 0 Å². The Bertz CT molecular complexity index is 296. The van der Waals surface area contributed by atoms with Gasteiger partial charge < -0.3 is 4.90 Å². The fourth-order valence-electron chi connectivity index (χ4n) is 2.74. The minimum Gasteiger partial charge on any atom is -0.342 e. The lowest BCUT2D eigenvalue weighted by atomic mass is 10.1. The minimum atomic E-state index is 0.216. The van der Waals surface area contributed by atoms with E-state index in [9.17, 15) is 4.79 Å². The largest absolute Gasteiger partial charge is 0.342 e. The van der Waals surface area contributed by atoms with Gasteiger partial charge in [-0.25, -0.2) is 0 Å². The Morgan fingerprint density at radius 2 is 1.36 bits per heavy atom. The van der Waals surface area contributed by atoms with E-state index in [0.717, 1.165) is 19.4 Å². The average Bonchev–Trinajstić information content (AvgIpc) is 2.53. The first-order valence-corrected chi connectivity index (χ1v) is 9.41. The van der Waals surface area contributed by atoms with Gasteiger partial charge in [-0.1, -0.05) is 71.1 Å². The Balaban J connectivity index is 3.38. The van der Waals surface area contributed by atoms with E-state index in [1.54, 1.807) is 4.90 Å². The smallest absolute Gasteiger partial charge is 0.222 e. The van der Waals surface area contributed by atoms with Gasteiger partial charge in [0, 0.05) is 19.5 Å². The van der Waals surface area contributed by atoms with Gasteiger partial charge in [-0.3, -0.25) is 4.79 Å². The van der Waals surface area contributed by atoms with Gasteiger partial charge in [0.05, 0.1) is 12.5 Å². The Kier molecular flexibility index (Phi) is 15.6. The summed E-state index contributed by atoms with van der Waals surface area (Å²) in [5.74, 6) is 0.216. The fourth-order valence-corrected chi connectivity index (χ4v) is 2.74. The molecule has 0 spiro atoms. The Morgan fingerprint density at radius 1 is 0.864 bits per heavy atom. The van der Waals surface area contributed by atoms with Crippen molar-refractivity contribution >= 4 is 5.91 Å². The van der Waals surface area contributed by atoms with E-state index in [1.165, 1.54) is 57.8 Å². The molecule has 0 aromatic carbocycles. The summed E-state index contributed by atoms with van der Waals surface area (Å²) in [7, 11) is 0. The monoisotopic (exact) mass is 308 g/mol. The number of hydrogen-bond acceptors (Lipinski definition) is 2. The van der Waals surface area contributed by atoms with Crippen molar-refractivity contribution in [2.75, 3.05) is 13.1 Å². The number of rotatable bonds is 15. The summed E-state index contributed by atoms with van der Waals surface area (Å²) in [6, 6.07) is 2.11. The van der Waals surface area contributed by atoms with Gasteiger partial charge in [-0.2, -0.15) is 5.26 Å². The predicted octanol–water partition coefficient (Wildman–Crippen LogP) is 5.45. The van der Waals surface area contributed by atoms with Gasteiger partial charge >= 0.3 is 0 Å². The van der Waals surface area contributed by atoms with E-state index >= 15 is 0 Å². The molecule has 0 unspecified atom stereocenters. The molecular formula is C19H36N2O. The van der Waals surface area contributed by atoms with Gasteiger partial charge in [0.15, 0.2) is 0 Å². The van der Waals surface area contributed by atoms with Crippen LogP contribution in [0.3, 0.4) is 0 Å². The Labute approximate surface area is 138 Å². The summed E-state index contributed by atoms with van der Waals surface area (Å²) in [4.78, 5) is 13.8. The SMILES string of the molecule is CCCCCCCCCCCCCC(=O)N(CC)CCC#N. The first-order chi connectivity index (χ1) is 10.8. The van der Waals surface area contributed by atoms with Gasteiger partial charge in [0.2, 0.25) is 5.91 Å². The van der Waals surface area contributed by atoms with Crippen molar-refractivity contribution in [3.05, 3.63) is 0 Å². The van der Waals surface area contributed by atoms with Crippen LogP contribution in [0.2, 0.25) is 0 Å². The predicted molar refractivity (Wildman–Crippen MR) is 93.6 cm³/mol. The quantitative estimate of drug-likeness (QED) is 0.378. The molecule has 128 valence electrons. The fraction of sp³-hybridized carbons (Fsp3) is 0.895. The van der Waals surface area contributed by atoms with Crippen molar-refractivity contribution in [1.82, 2.24) is 4.90 Å². The van der Waals surface area contributed by atoms with E-state index in [-0.39, 0.29) is 5.91 Å². The maximum absolute atomic E-state index is 12.0. The standard InChI is InChI=1S/C19H36N2O/c1-3-5-6-7-8-9-10-11-12-13-14-16-19(22)21(4-2)18-15-17-20/h3-16,18H2,1-2H3. The molecule has 0 atom stereocenters. The number of unbranched alkanes of at least 4 members (excludes halogenated alkanes) is 10. The lowest BCUT2D eigenvalue weighted by molar-refractivity contribution is -0.131. The van der Waals surface area contributed by atoms with E-state index in [0.29, 0.717) is 19.4 Å². The molecule has 0 bridgehead atoms. The molecule has 3 heteroatoms. The third-order valence-corrected chi connectivity index (χ3v) is 4.22. The molecule has 0 aliphatic carbocycles. The van der Waals surface area contributed by atoms with Crippen LogP contribution in [0.1, 0.15) is 97.3 Å². The molecule has 0 heterocycles. The van der Waals surface area contributed by atoms with Crippen LogP contribution in [0.5, 0.6) is 0 Å². The molecular weight excluding hydrogens is 272 g/mol. The van der Waals surface area contributed by atoms with Crippen LogP contribution in [0.4, 0.5) is 0 Å². The Hall–Kier alpha value is -1.04. The highest BCUT2D eigenvalue weighted by Gasteiger charge is 2.10. The van der Waals surface area contributed by atoms with Crippen molar-refractivity contribution in [3.63, 3.8) is 0 Å². The summed E-state index contributed by atoms with van der Waals surface area (Å²) in [6.45, 7) is 5.55. The number of nitrogens with zero attached hydrogens (tertiary/aromatic N) is 2. The zero-order chi connectivity index (χ0) is 16.5. The Morgan fingerprint density at radius 3 is 1.82 bits per heavy atom. The lowest BCUT2D eigenvalue weighted by Gasteiger charge is -2.19. The zero-order valence-electron chi connectivity index (χ0n) is 14.9. The lowest BCUT2D eigenvalue weighted by Crippen LogP contribution is -2.31. The second kappa shape index (κ2) is 16.3. The molecule has 0 aromatic rings. The van der Waals surface area contributed by atoms with Crippen LogP contribution in [0.15, 0.2) is 0 Å². The highest BCUT2D eigenvalue weighted by molar-refractivity contribution is 5.76. The number of carbonyl (C=O) groups excluding carboxylic acids is 1. The van der Waals surface area contributed by atoms with Crippen LogP contribution in [0, 0.1) is 11.3 Å². The van der Waals surface area contributed by atoms with Crippen LogP contribution in [-0.2, 0) is 4.79 Å². The summed E-state index contributed by atoms with van der Waals surface area (Å²) in [5.41, 5.74) is 0. The van der Waals surface area contributed by atoms with Crippen molar-refractivity contribution in [3.8, 4) is 6.07 Å². The molecule has 0 aliphatic rings. The van der Waals surface area contributed by atoms with Gasteiger partial charge in [-0.05, 0) is 13.3 Å². The average molecular weight is 309 g/mol. The molecule has 0 aromatic heterocycles. The summed E-state index contributed by atoms with van der Waals surface area (Å²) >= 11 is 0. The van der Waals surface area contributed by atoms with Gasteiger partial charge in [0.25, 0.3) is 0 Å². The molecule has 0 N–H and O–H groups in total. The van der Waals surface area contributed by atoms with Crippen LogP contribution in [-0.4, -0.2) is 23.9 Å². The summed E-state index contributed by atoms with van der Waals surface area (Å²) in [5, 5.41) is 8.58. The van der Waals surface area contributed by atoms with Gasteiger partial charge in [-0.15, -0.1) is 0 Å². The number of hydrogen-bond donors (Lipinski definition) is 0. The zero-order valence-corrected chi connectivity index (χ0v) is 14.9. The van der Waals surface area contributed by atoms with Crippen molar-refractivity contribution in [1.29, 1.82) is 5.26 Å². The molecule has 3 nitrogen and oxygen atoms in total.